The summed E-state index contributed by atoms with van der Waals surface area (Å²) in [5, 5.41) is 0. The molecule has 32 heavy (non-hydrogen) atoms. The van der Waals surface area contributed by atoms with E-state index in [1.807, 2.05) is 0 Å². The van der Waals surface area contributed by atoms with Crippen molar-refractivity contribution in [2.24, 2.45) is 0 Å². The molecular formula is C20H14F8O4. The van der Waals surface area contributed by atoms with Crippen LogP contribution in [0.15, 0.2) is 48.5 Å². The number of carbonyl (C=O) groups is 2. The van der Waals surface area contributed by atoms with Crippen LogP contribution in [0.3, 0.4) is 0 Å². The molecule has 0 saturated heterocycles. The second-order valence-electron chi connectivity index (χ2n) is 6.56. The highest BCUT2D eigenvalue weighted by Gasteiger charge is 2.80. The van der Waals surface area contributed by atoms with E-state index in [2.05, 4.69) is 9.47 Å². The molecule has 0 aliphatic heterocycles. The van der Waals surface area contributed by atoms with Gasteiger partial charge in [0.1, 0.15) is 11.5 Å². The molecule has 0 radical (unpaired) electrons. The lowest BCUT2D eigenvalue weighted by Gasteiger charge is -2.43. The molecule has 0 aromatic heterocycles. The molecule has 0 heterocycles. The summed E-state index contributed by atoms with van der Waals surface area (Å²) in [6, 6.07) is 4.12. The smallest absolute Gasteiger partial charge is 0.427 e. The van der Waals surface area contributed by atoms with Crippen LogP contribution in [0, 0.1) is 0 Å². The lowest BCUT2D eigenvalue weighted by Crippen LogP contribution is -2.62. The molecule has 0 unspecified atom stereocenters. The van der Waals surface area contributed by atoms with Crippen molar-refractivity contribution in [1.29, 1.82) is 0 Å². The first-order chi connectivity index (χ1) is 14.5. The molecule has 0 aliphatic carbocycles. The molecule has 0 spiro atoms. The molecule has 0 amide bonds. The van der Waals surface area contributed by atoms with Crippen LogP contribution in [0.5, 0.6) is 11.5 Å². The van der Waals surface area contributed by atoms with Gasteiger partial charge in [0, 0.05) is 13.8 Å². The third-order valence-corrected chi connectivity index (χ3v) is 4.35. The minimum absolute atomic E-state index is 0.363. The zero-order valence-electron chi connectivity index (χ0n) is 16.3. The highest BCUT2D eigenvalue weighted by atomic mass is 19.4. The van der Waals surface area contributed by atoms with Crippen LogP contribution in [0.1, 0.15) is 25.0 Å². The van der Waals surface area contributed by atoms with Crippen LogP contribution in [-0.2, 0) is 15.0 Å². The maximum Gasteiger partial charge on any atom is 0.454 e. The second-order valence-corrected chi connectivity index (χ2v) is 6.56. The Morgan fingerprint density at radius 3 is 1.12 bits per heavy atom. The maximum absolute atomic E-state index is 14.7. The first kappa shape index (κ1) is 25.1. The summed E-state index contributed by atoms with van der Waals surface area (Å²) in [5.41, 5.74) is -7.78. The van der Waals surface area contributed by atoms with Gasteiger partial charge in [-0.1, -0.05) is 24.3 Å². The minimum Gasteiger partial charge on any atom is -0.427 e. The van der Waals surface area contributed by atoms with Crippen molar-refractivity contribution in [3.8, 4) is 11.5 Å². The van der Waals surface area contributed by atoms with Crippen molar-refractivity contribution in [1.82, 2.24) is 0 Å². The van der Waals surface area contributed by atoms with Gasteiger partial charge in [0.05, 0.1) is 0 Å². The Balaban J connectivity index is 2.85. The lowest BCUT2D eigenvalue weighted by atomic mass is 9.68. The van der Waals surface area contributed by atoms with Crippen LogP contribution >= 0.6 is 0 Å². The predicted molar refractivity (Wildman–Crippen MR) is 93.3 cm³/mol. The molecule has 2 aromatic carbocycles. The van der Waals surface area contributed by atoms with Crippen LogP contribution in [0.2, 0.25) is 0 Å². The fraction of sp³-hybridized carbons (Fsp3) is 0.300. The SMILES string of the molecule is CC(=O)Oc1ccc(C(c2ccc(OC(C)=O)cc2)(C(F)(F)F)C(F)(F)C(F)(F)F)cc1. The van der Waals surface area contributed by atoms with E-state index >= 15 is 0 Å². The largest absolute Gasteiger partial charge is 0.454 e. The normalized spacial score (nSPS) is 12.9. The van der Waals surface area contributed by atoms with E-state index < -0.39 is 46.8 Å². The molecule has 2 rings (SSSR count). The molecule has 0 bridgehead atoms. The number of halogens is 8. The van der Waals surface area contributed by atoms with Crippen LogP contribution in [0.25, 0.3) is 0 Å². The van der Waals surface area contributed by atoms with Gasteiger partial charge in [-0.25, -0.2) is 0 Å². The van der Waals surface area contributed by atoms with E-state index in [0.29, 0.717) is 48.5 Å². The number of esters is 2. The Bertz CT molecular complexity index is 917. The predicted octanol–water partition coefficient (Wildman–Crippen LogP) is 5.58. The molecule has 0 aliphatic rings. The summed E-state index contributed by atoms with van der Waals surface area (Å²) < 4.78 is 121. The monoisotopic (exact) mass is 470 g/mol. The maximum atomic E-state index is 14.7. The Morgan fingerprint density at radius 2 is 0.906 bits per heavy atom. The quantitative estimate of drug-likeness (QED) is 0.325. The third-order valence-electron chi connectivity index (χ3n) is 4.35. The summed E-state index contributed by atoms with van der Waals surface area (Å²) in [4.78, 5) is 21.9. The summed E-state index contributed by atoms with van der Waals surface area (Å²) >= 11 is 0. The van der Waals surface area contributed by atoms with Crippen molar-refractivity contribution < 1.29 is 54.2 Å². The number of hydrogen-bond donors (Lipinski definition) is 0. The number of carbonyl (C=O) groups excluding carboxylic acids is 2. The van der Waals surface area contributed by atoms with Crippen molar-refractivity contribution in [3.63, 3.8) is 0 Å². The van der Waals surface area contributed by atoms with E-state index in [0.717, 1.165) is 13.8 Å². The van der Waals surface area contributed by atoms with E-state index in [4.69, 9.17) is 0 Å². The molecule has 174 valence electrons. The zero-order chi connectivity index (χ0) is 24.5. The van der Waals surface area contributed by atoms with Crippen molar-refractivity contribution >= 4 is 11.9 Å². The van der Waals surface area contributed by atoms with Crippen molar-refractivity contribution in [2.75, 3.05) is 0 Å². The van der Waals surface area contributed by atoms with Gasteiger partial charge >= 0.3 is 30.2 Å². The van der Waals surface area contributed by atoms with Gasteiger partial charge in [0.2, 0.25) is 0 Å². The summed E-state index contributed by atoms with van der Waals surface area (Å²) in [6.45, 7) is 1.91. The Hall–Kier alpha value is -3.18. The fourth-order valence-electron chi connectivity index (χ4n) is 3.13. The first-order valence-corrected chi connectivity index (χ1v) is 8.63. The van der Waals surface area contributed by atoms with Gasteiger partial charge in [-0.2, -0.15) is 35.1 Å². The summed E-state index contributed by atoms with van der Waals surface area (Å²) in [7, 11) is 0. The van der Waals surface area contributed by atoms with Crippen molar-refractivity contribution in [3.05, 3.63) is 59.7 Å². The Morgan fingerprint density at radius 1 is 0.594 bits per heavy atom. The van der Waals surface area contributed by atoms with Crippen LogP contribution < -0.4 is 9.47 Å². The number of ether oxygens (including phenoxy) is 2. The van der Waals surface area contributed by atoms with E-state index in [1.165, 1.54) is 0 Å². The zero-order valence-corrected chi connectivity index (χ0v) is 16.3. The number of alkyl halides is 8. The Kier molecular flexibility index (Phi) is 6.58. The van der Waals surface area contributed by atoms with Gasteiger partial charge < -0.3 is 9.47 Å². The molecule has 0 atom stereocenters. The van der Waals surface area contributed by atoms with E-state index in [9.17, 15) is 44.7 Å². The fourth-order valence-corrected chi connectivity index (χ4v) is 3.13. The second kappa shape index (κ2) is 8.40. The summed E-state index contributed by atoms with van der Waals surface area (Å²) in [6.07, 6.45) is -12.8. The van der Waals surface area contributed by atoms with Crippen molar-refractivity contribution in [2.45, 2.75) is 37.5 Å². The van der Waals surface area contributed by atoms with Gasteiger partial charge in [0.25, 0.3) is 0 Å². The Labute approximate surface area is 175 Å². The minimum atomic E-state index is -6.61. The summed E-state index contributed by atoms with van der Waals surface area (Å²) in [5.74, 6) is -8.83. The van der Waals surface area contributed by atoms with Crippen LogP contribution in [-0.4, -0.2) is 30.2 Å². The topological polar surface area (TPSA) is 52.6 Å². The lowest BCUT2D eigenvalue weighted by molar-refractivity contribution is -0.348. The average Bonchev–Trinajstić information content (AvgIpc) is 2.62. The van der Waals surface area contributed by atoms with Gasteiger partial charge in [-0.05, 0) is 35.4 Å². The highest BCUT2D eigenvalue weighted by Crippen LogP contribution is 2.60. The number of rotatable bonds is 5. The van der Waals surface area contributed by atoms with E-state index in [1.54, 1.807) is 0 Å². The standard InChI is InChI=1S/C20H14F8O4/c1-11(29)31-15-7-3-13(4-8-15)17(19(23,24)25,18(21,22)20(26,27)28)14-5-9-16(10-6-14)32-12(2)30/h3-10H,1-2H3. The van der Waals surface area contributed by atoms with Gasteiger partial charge in [-0.15, -0.1) is 0 Å². The molecule has 12 heteroatoms. The van der Waals surface area contributed by atoms with Gasteiger partial charge in [0.15, 0.2) is 5.41 Å². The number of benzene rings is 2. The first-order valence-electron chi connectivity index (χ1n) is 8.63. The molecule has 0 N–H and O–H groups in total. The van der Waals surface area contributed by atoms with Gasteiger partial charge in [-0.3, -0.25) is 9.59 Å². The highest BCUT2D eigenvalue weighted by molar-refractivity contribution is 5.70. The molecule has 0 fully saturated rings. The third kappa shape index (κ3) is 4.39. The molecule has 2 aromatic rings. The van der Waals surface area contributed by atoms with Crippen LogP contribution in [0.4, 0.5) is 35.1 Å². The molecular weight excluding hydrogens is 456 g/mol. The number of hydrogen-bond acceptors (Lipinski definition) is 4. The average molecular weight is 470 g/mol. The molecule has 0 saturated carbocycles. The molecule has 4 nitrogen and oxygen atoms in total. The van der Waals surface area contributed by atoms with E-state index in [-0.39, 0.29) is 11.5 Å².